The zero-order valence-corrected chi connectivity index (χ0v) is 18.8. The van der Waals surface area contributed by atoms with Crippen LogP contribution in [-0.2, 0) is 14.4 Å². The first-order chi connectivity index (χ1) is 14.7. The van der Waals surface area contributed by atoms with Gasteiger partial charge in [-0.2, -0.15) is 0 Å². The molecule has 2 aliphatic heterocycles. The van der Waals surface area contributed by atoms with E-state index in [9.17, 15) is 19.5 Å². The predicted molar refractivity (Wildman–Crippen MR) is 121 cm³/mol. The van der Waals surface area contributed by atoms with Gasteiger partial charge >= 0.3 is 5.97 Å². The highest BCUT2D eigenvalue weighted by Gasteiger charge is 2.57. The summed E-state index contributed by atoms with van der Waals surface area (Å²) in [6.45, 7) is 5.97. The minimum atomic E-state index is -1.03. The quantitative estimate of drug-likeness (QED) is 0.462. The van der Waals surface area contributed by atoms with Crippen molar-refractivity contribution in [3.8, 4) is 0 Å². The van der Waals surface area contributed by atoms with E-state index < -0.39 is 24.0 Å². The number of aryl methyl sites for hydroxylation is 3. The number of aromatic nitrogens is 1. The van der Waals surface area contributed by atoms with Crippen molar-refractivity contribution in [2.45, 2.75) is 38.2 Å². The van der Waals surface area contributed by atoms with Crippen LogP contribution in [0.5, 0.6) is 0 Å². The van der Waals surface area contributed by atoms with Gasteiger partial charge in [-0.05, 0) is 43.5 Å². The summed E-state index contributed by atoms with van der Waals surface area (Å²) >= 11 is 2.59. The van der Waals surface area contributed by atoms with Crippen molar-refractivity contribution in [3.63, 3.8) is 0 Å². The van der Waals surface area contributed by atoms with Gasteiger partial charge in [0.2, 0.25) is 5.91 Å². The number of hydrogen-bond donors (Lipinski definition) is 3. The Labute approximate surface area is 187 Å². The van der Waals surface area contributed by atoms with Crippen LogP contribution in [-0.4, -0.2) is 56.0 Å². The Balaban J connectivity index is 1.64. The van der Waals surface area contributed by atoms with E-state index in [1.165, 1.54) is 28.0 Å². The predicted octanol–water partition coefficient (Wildman–Crippen LogP) is 2.04. The molecule has 2 fully saturated rings. The second-order valence-electron chi connectivity index (χ2n) is 7.72. The molecule has 0 saturated carbocycles. The second kappa shape index (κ2) is 8.01. The molecule has 1 aromatic carbocycles. The lowest BCUT2D eigenvalue weighted by Gasteiger charge is -2.43. The van der Waals surface area contributed by atoms with Crippen LogP contribution in [0.3, 0.4) is 0 Å². The SMILES string of the molecule is Cc1cc(C)c(/C=C(\C(=O)NC2C(=O)N3C(C(=O)O)CS[C@@H]23)c2csc(N)n2)c(C)c1. The van der Waals surface area contributed by atoms with Crippen LogP contribution in [0.4, 0.5) is 5.13 Å². The summed E-state index contributed by atoms with van der Waals surface area (Å²) in [6.07, 6.45) is 1.77. The molecule has 2 unspecified atom stereocenters. The van der Waals surface area contributed by atoms with Crippen molar-refractivity contribution in [1.82, 2.24) is 15.2 Å². The van der Waals surface area contributed by atoms with Crippen molar-refractivity contribution < 1.29 is 19.5 Å². The molecule has 3 atom stereocenters. The number of nitrogens with two attached hydrogens (primary N) is 1. The van der Waals surface area contributed by atoms with E-state index in [1.807, 2.05) is 32.9 Å². The molecule has 0 bridgehead atoms. The third-order valence-corrected chi connectivity index (χ3v) is 7.50. The molecule has 2 amide bonds. The molecule has 2 saturated heterocycles. The van der Waals surface area contributed by atoms with Gasteiger partial charge in [0.25, 0.3) is 5.91 Å². The summed E-state index contributed by atoms with van der Waals surface area (Å²) in [6, 6.07) is 2.47. The van der Waals surface area contributed by atoms with Crippen molar-refractivity contribution in [2.75, 3.05) is 11.5 Å². The number of nitrogen functional groups attached to an aromatic ring is 1. The number of amides is 2. The van der Waals surface area contributed by atoms with Gasteiger partial charge in [-0.1, -0.05) is 17.7 Å². The van der Waals surface area contributed by atoms with E-state index in [0.717, 1.165) is 22.3 Å². The number of benzene rings is 1. The van der Waals surface area contributed by atoms with Gasteiger partial charge in [-0.25, -0.2) is 9.78 Å². The number of hydrogen-bond acceptors (Lipinski definition) is 7. The molecule has 31 heavy (non-hydrogen) atoms. The number of carboxylic acid groups (broad SMARTS) is 1. The van der Waals surface area contributed by atoms with Crippen molar-refractivity contribution in [3.05, 3.63) is 45.5 Å². The summed E-state index contributed by atoms with van der Waals surface area (Å²) in [4.78, 5) is 42.7. The number of carbonyl (C=O) groups excluding carboxylic acids is 2. The molecule has 2 aromatic rings. The first-order valence-electron chi connectivity index (χ1n) is 9.65. The number of thioether (sulfide) groups is 1. The molecule has 8 nitrogen and oxygen atoms in total. The zero-order chi connectivity index (χ0) is 22.4. The molecule has 0 radical (unpaired) electrons. The Morgan fingerprint density at radius 3 is 2.55 bits per heavy atom. The largest absolute Gasteiger partial charge is 0.480 e. The second-order valence-corrected chi connectivity index (χ2v) is 9.76. The topological polar surface area (TPSA) is 126 Å². The highest BCUT2D eigenvalue weighted by molar-refractivity contribution is 8.00. The molecule has 0 aliphatic carbocycles. The number of carboxylic acids is 1. The van der Waals surface area contributed by atoms with Gasteiger partial charge in [0.1, 0.15) is 17.5 Å². The van der Waals surface area contributed by atoms with E-state index in [0.29, 0.717) is 22.2 Å². The van der Waals surface area contributed by atoms with E-state index >= 15 is 0 Å². The van der Waals surface area contributed by atoms with Crippen LogP contribution < -0.4 is 11.1 Å². The van der Waals surface area contributed by atoms with Gasteiger partial charge in [0, 0.05) is 11.1 Å². The maximum Gasteiger partial charge on any atom is 0.327 e. The van der Waals surface area contributed by atoms with Gasteiger partial charge in [-0.15, -0.1) is 23.1 Å². The number of aliphatic carboxylic acids is 1. The van der Waals surface area contributed by atoms with Crippen LogP contribution in [0.2, 0.25) is 0 Å². The Bertz CT molecular complexity index is 1100. The molecule has 1 aromatic heterocycles. The fourth-order valence-electron chi connectivity index (χ4n) is 4.04. The number of carbonyl (C=O) groups is 3. The van der Waals surface area contributed by atoms with E-state index in [2.05, 4.69) is 10.3 Å². The number of β-lactam (4-membered cyclic amide) rings is 1. The van der Waals surface area contributed by atoms with E-state index in [4.69, 9.17) is 5.73 Å². The minimum absolute atomic E-state index is 0.311. The Morgan fingerprint density at radius 2 is 1.97 bits per heavy atom. The third-order valence-electron chi connectivity index (χ3n) is 5.48. The smallest absolute Gasteiger partial charge is 0.327 e. The Morgan fingerprint density at radius 1 is 1.29 bits per heavy atom. The lowest BCUT2D eigenvalue weighted by molar-refractivity contribution is -0.158. The summed E-state index contributed by atoms with van der Waals surface area (Å²) in [7, 11) is 0. The van der Waals surface area contributed by atoms with Gasteiger partial charge in [0.15, 0.2) is 5.13 Å². The highest BCUT2D eigenvalue weighted by Crippen LogP contribution is 2.40. The molecule has 4 rings (SSSR count). The Kier molecular flexibility index (Phi) is 5.52. The molecule has 10 heteroatoms. The summed E-state index contributed by atoms with van der Waals surface area (Å²) < 4.78 is 0. The van der Waals surface area contributed by atoms with Crippen LogP contribution in [0.1, 0.15) is 27.9 Å². The number of nitrogens with zero attached hydrogens (tertiary/aromatic N) is 2. The summed E-state index contributed by atoms with van der Waals surface area (Å²) in [5.74, 6) is -1.54. The van der Waals surface area contributed by atoms with E-state index in [1.54, 1.807) is 11.5 Å². The van der Waals surface area contributed by atoms with Crippen LogP contribution >= 0.6 is 23.1 Å². The average Bonchev–Trinajstić information content (AvgIpc) is 3.29. The summed E-state index contributed by atoms with van der Waals surface area (Å²) in [5, 5.41) is 13.7. The fourth-order valence-corrected chi connectivity index (χ4v) is 6.07. The minimum Gasteiger partial charge on any atom is -0.480 e. The molecule has 0 spiro atoms. The maximum absolute atomic E-state index is 13.2. The van der Waals surface area contributed by atoms with E-state index in [-0.39, 0.29) is 11.3 Å². The number of thiazole rings is 1. The first kappa shape index (κ1) is 21.4. The van der Waals surface area contributed by atoms with Crippen LogP contribution in [0.15, 0.2) is 17.5 Å². The number of rotatable bonds is 5. The molecule has 162 valence electrons. The molecular weight excluding hydrogens is 436 g/mol. The number of anilines is 1. The van der Waals surface area contributed by atoms with Crippen molar-refractivity contribution in [1.29, 1.82) is 0 Å². The standard InChI is InChI=1S/C21H22N4O4S2/c1-9-4-10(2)12(11(3)5-9)6-13(14-7-31-21(22)23-14)17(26)24-16-18(27)25-15(20(28)29)8-30-19(16)25/h4-7,15-16,19H,8H2,1-3H3,(H2,22,23)(H,24,26)(H,28,29)/b13-6-/t15?,16?,19-/m0/s1. The fraction of sp³-hybridized carbons (Fsp3) is 0.333. The molecule has 2 aliphatic rings. The average molecular weight is 459 g/mol. The van der Waals surface area contributed by atoms with Crippen molar-refractivity contribution >= 4 is 57.7 Å². The monoisotopic (exact) mass is 458 g/mol. The Hall–Kier alpha value is -2.85. The van der Waals surface area contributed by atoms with Gasteiger partial charge in [0.05, 0.1) is 11.3 Å². The maximum atomic E-state index is 13.2. The zero-order valence-electron chi connectivity index (χ0n) is 17.2. The summed E-state index contributed by atoms with van der Waals surface area (Å²) in [5.41, 5.74) is 10.6. The third kappa shape index (κ3) is 3.81. The molecular formula is C21H22N4O4S2. The molecule has 3 heterocycles. The number of fused-ring (bicyclic) bond motifs is 1. The first-order valence-corrected chi connectivity index (χ1v) is 11.6. The van der Waals surface area contributed by atoms with Crippen LogP contribution in [0, 0.1) is 20.8 Å². The van der Waals surface area contributed by atoms with Crippen LogP contribution in [0.25, 0.3) is 11.6 Å². The normalized spacial score (nSPS) is 22.8. The highest BCUT2D eigenvalue weighted by atomic mass is 32.2. The van der Waals surface area contributed by atoms with Gasteiger partial charge in [-0.3, -0.25) is 9.59 Å². The molecule has 4 N–H and O–H groups in total. The lowest BCUT2D eigenvalue weighted by Crippen LogP contribution is -2.70. The van der Waals surface area contributed by atoms with Crippen molar-refractivity contribution in [2.24, 2.45) is 0 Å². The van der Waals surface area contributed by atoms with Gasteiger partial charge < -0.3 is 21.1 Å². The lowest BCUT2D eigenvalue weighted by atomic mass is 9.96. The number of nitrogens with one attached hydrogen (secondary N) is 1.